The topological polar surface area (TPSA) is 73.2 Å². The van der Waals surface area contributed by atoms with Crippen LogP contribution < -0.4 is 16.0 Å². The number of aromatic nitrogens is 3. The van der Waals surface area contributed by atoms with Crippen molar-refractivity contribution >= 4 is 61.3 Å². The number of nitrogens with zero attached hydrogens (tertiary/aromatic N) is 4. The third-order valence-corrected chi connectivity index (χ3v) is 13.8. The second-order valence-corrected chi connectivity index (χ2v) is 17.4. The number of nitrogens with two attached hydrogens (primary N) is 1. The number of para-hydroxylation sites is 6. The number of benzene rings is 6. The van der Waals surface area contributed by atoms with Crippen LogP contribution in [-0.4, -0.2) is 32.6 Å². The Bertz CT molecular complexity index is 3570. The molecule has 6 aromatic carbocycles. The molecule has 7 heteroatoms. The number of hydrogen-bond acceptors (Lipinski definition) is 4. The average molecular weight is 857 g/mol. The second kappa shape index (κ2) is 15.8. The van der Waals surface area contributed by atoms with Gasteiger partial charge in [-0.05, 0) is 109 Å². The number of rotatable bonds is 5. The van der Waals surface area contributed by atoms with Gasteiger partial charge in [0, 0.05) is 62.9 Å². The van der Waals surface area contributed by atoms with Gasteiger partial charge in [-0.15, -0.1) is 0 Å². The van der Waals surface area contributed by atoms with Gasteiger partial charge in [-0.1, -0.05) is 122 Å². The van der Waals surface area contributed by atoms with Crippen molar-refractivity contribution in [2.24, 2.45) is 5.73 Å². The Morgan fingerprint density at radius 1 is 0.591 bits per heavy atom. The van der Waals surface area contributed by atoms with Crippen molar-refractivity contribution in [2.45, 2.75) is 25.7 Å². The van der Waals surface area contributed by atoms with Gasteiger partial charge >= 0.3 is 0 Å². The summed E-state index contributed by atoms with van der Waals surface area (Å²) in [5.74, 6) is 0.831. The van der Waals surface area contributed by atoms with Gasteiger partial charge in [0.25, 0.3) is 0 Å². The molecule has 0 unspecified atom stereocenters. The van der Waals surface area contributed by atoms with E-state index in [-0.39, 0.29) is 5.78 Å². The fraction of sp³-hybridized carbons (Fsp3) is 0.102. The van der Waals surface area contributed by atoms with Crippen LogP contribution in [0.1, 0.15) is 28.7 Å². The largest absolute Gasteiger partial charge is 0.405 e. The highest BCUT2D eigenvalue weighted by atomic mass is 16.1. The number of ketones is 1. The Hall–Kier alpha value is -8.13. The molecule has 66 heavy (non-hydrogen) atoms. The van der Waals surface area contributed by atoms with Crippen molar-refractivity contribution in [3.8, 4) is 22.8 Å². The molecule has 1 aliphatic carbocycles. The number of Topliss-reactive ketones (excluding diaryl/α,β-unsaturated/α-hetero) is 1. The third-order valence-electron chi connectivity index (χ3n) is 13.8. The number of carbonyl (C=O) groups is 1. The van der Waals surface area contributed by atoms with Crippen molar-refractivity contribution in [3.05, 3.63) is 228 Å². The van der Waals surface area contributed by atoms with Gasteiger partial charge in [-0.3, -0.25) is 14.3 Å². The van der Waals surface area contributed by atoms with Gasteiger partial charge in [-0.25, -0.2) is 0 Å². The molecule has 7 nitrogen and oxygen atoms in total. The molecule has 0 bridgehead atoms. The number of hydrogen-bond donors (Lipinski definition) is 2. The van der Waals surface area contributed by atoms with Crippen LogP contribution in [0, 0.1) is 0 Å². The summed E-state index contributed by atoms with van der Waals surface area (Å²) in [6.07, 6.45) is 8.92. The molecule has 5 heterocycles. The zero-order chi connectivity index (χ0) is 44.5. The molecular formula is C59H48N6O. The van der Waals surface area contributed by atoms with Crippen LogP contribution in [0.3, 0.4) is 0 Å². The molecule has 0 saturated heterocycles. The van der Waals surface area contributed by atoms with E-state index in [1.54, 1.807) is 6.20 Å². The molecule has 9 aromatic rings. The van der Waals surface area contributed by atoms with E-state index in [9.17, 15) is 0 Å². The van der Waals surface area contributed by atoms with Gasteiger partial charge in [0.05, 0.1) is 45.0 Å². The molecule has 0 amide bonds. The lowest BCUT2D eigenvalue weighted by Gasteiger charge is -2.35. The van der Waals surface area contributed by atoms with E-state index in [0.29, 0.717) is 29.9 Å². The molecule has 0 radical (unpaired) electrons. The smallest absolute Gasteiger partial charge is 0.193 e. The van der Waals surface area contributed by atoms with E-state index >= 15 is 4.79 Å². The van der Waals surface area contributed by atoms with Crippen molar-refractivity contribution in [2.75, 3.05) is 18.0 Å². The lowest BCUT2D eigenvalue weighted by atomic mass is 9.91. The van der Waals surface area contributed by atoms with Crippen LogP contribution >= 0.6 is 0 Å². The van der Waals surface area contributed by atoms with Crippen LogP contribution in [0.4, 0.5) is 11.5 Å². The highest BCUT2D eigenvalue weighted by molar-refractivity contribution is 6.17. The molecule has 3 aromatic heterocycles. The standard InChI is InChI=1S/C59H48N6O/c1-38-29-30-48-45-24-12-15-27-53(45)63(41-19-7-4-8-20-41)59(48)65(51-25-13-9-21-42(38)51)50-34-36-61-37-49(58(66)39(50)2)55(33-35-60)64-54-28-16-11-23-44(54)47-32-31-46-43-22-10-14-26-52(43)62(56(46)57(47)64)40-17-5-3-6-18-40/h3-28,33-35,61H,1-2,29-32,36-37,60H2/b35-33-,50-34+,55-49-. The first-order chi connectivity index (χ1) is 32.5. The Morgan fingerprint density at radius 3 is 1.83 bits per heavy atom. The molecule has 320 valence electrons. The maximum atomic E-state index is 15.9. The Morgan fingerprint density at radius 2 is 1.14 bits per heavy atom. The summed E-state index contributed by atoms with van der Waals surface area (Å²) in [5.41, 5.74) is 23.3. The summed E-state index contributed by atoms with van der Waals surface area (Å²) in [6.45, 7) is 10.2. The number of anilines is 2. The summed E-state index contributed by atoms with van der Waals surface area (Å²) in [4.78, 5) is 18.2. The minimum atomic E-state index is -0.157. The lowest BCUT2D eigenvalue weighted by Crippen LogP contribution is -2.32. The molecule has 0 spiro atoms. The van der Waals surface area contributed by atoms with Gasteiger partial charge in [0.2, 0.25) is 0 Å². The molecule has 0 saturated carbocycles. The van der Waals surface area contributed by atoms with Gasteiger partial charge in [0.1, 0.15) is 5.82 Å². The van der Waals surface area contributed by atoms with Crippen LogP contribution in [0.15, 0.2) is 206 Å². The fourth-order valence-corrected chi connectivity index (χ4v) is 11.0. The molecular weight excluding hydrogens is 809 g/mol. The van der Waals surface area contributed by atoms with Gasteiger partial charge in [0.15, 0.2) is 5.78 Å². The molecule has 0 atom stereocenters. The van der Waals surface area contributed by atoms with E-state index in [2.05, 4.69) is 188 Å². The van der Waals surface area contributed by atoms with Crippen LogP contribution in [0.5, 0.6) is 0 Å². The second-order valence-electron chi connectivity index (χ2n) is 17.4. The van der Waals surface area contributed by atoms with Gasteiger partial charge in [-0.2, -0.15) is 0 Å². The Labute approximate surface area is 384 Å². The van der Waals surface area contributed by atoms with E-state index in [1.165, 1.54) is 27.5 Å². The summed E-state index contributed by atoms with van der Waals surface area (Å²) in [7, 11) is 0. The highest BCUT2D eigenvalue weighted by Crippen LogP contribution is 2.50. The first kappa shape index (κ1) is 39.5. The predicted octanol–water partition coefficient (Wildman–Crippen LogP) is 12.4. The van der Waals surface area contributed by atoms with Crippen molar-refractivity contribution in [1.29, 1.82) is 0 Å². The lowest BCUT2D eigenvalue weighted by molar-refractivity contribution is -0.112. The minimum absolute atomic E-state index is 0.157. The molecule has 2 aliphatic heterocycles. The van der Waals surface area contributed by atoms with Crippen molar-refractivity contribution in [3.63, 3.8) is 0 Å². The molecule has 3 aliphatic rings. The summed E-state index contributed by atoms with van der Waals surface area (Å²) in [6, 6.07) is 55.5. The number of fused-ring (bicyclic) bond motifs is 11. The average Bonchev–Trinajstić information content (AvgIpc) is 4.00. The minimum Gasteiger partial charge on any atom is -0.405 e. The molecule has 3 N–H and O–H groups in total. The predicted molar refractivity (Wildman–Crippen MR) is 272 cm³/mol. The van der Waals surface area contributed by atoms with Crippen LogP contribution in [0.25, 0.3) is 66.7 Å². The van der Waals surface area contributed by atoms with Crippen LogP contribution in [-0.2, 0) is 24.1 Å². The number of nitrogens with one attached hydrogen (secondary N) is 1. The molecule has 0 fully saturated rings. The zero-order valence-electron chi connectivity index (χ0n) is 36.7. The monoisotopic (exact) mass is 856 g/mol. The number of aryl methyl sites for hydroxylation is 3. The highest BCUT2D eigenvalue weighted by Gasteiger charge is 2.36. The van der Waals surface area contributed by atoms with E-state index < -0.39 is 0 Å². The third kappa shape index (κ3) is 5.97. The summed E-state index contributed by atoms with van der Waals surface area (Å²) >= 11 is 0. The Balaban J connectivity index is 1.10. The SMILES string of the molecule is C=C1C(=O)/C(=C(/C=C\N)n2c3c(c4ccccc42)CCc2c-3n(-c3ccccc3)c3ccccc23)CNC/C=C\1N1c2ccccc2C(=C)CCc2c1n(-c1ccccc1)c1ccccc21. The Kier molecular flexibility index (Phi) is 9.47. The maximum absolute atomic E-state index is 15.9. The normalized spacial score (nSPS) is 16.9. The van der Waals surface area contributed by atoms with Crippen molar-refractivity contribution in [1.82, 2.24) is 19.0 Å². The molecule has 12 rings (SSSR count). The van der Waals surface area contributed by atoms with E-state index in [1.807, 2.05) is 12.1 Å². The first-order valence-electron chi connectivity index (χ1n) is 22.9. The van der Waals surface area contributed by atoms with Crippen molar-refractivity contribution < 1.29 is 4.79 Å². The van der Waals surface area contributed by atoms with Gasteiger partial charge < -0.3 is 20.2 Å². The first-order valence-corrected chi connectivity index (χ1v) is 22.9. The van der Waals surface area contributed by atoms with E-state index in [4.69, 9.17) is 12.3 Å². The quantitative estimate of drug-likeness (QED) is 0.169. The number of carbonyl (C=O) groups excluding carboxylic acids is 1. The zero-order valence-corrected chi connectivity index (χ0v) is 36.7. The van der Waals surface area contributed by atoms with Crippen LogP contribution in [0.2, 0.25) is 0 Å². The number of allylic oxidation sites excluding steroid dienone is 4. The van der Waals surface area contributed by atoms with E-state index in [0.717, 1.165) is 98.7 Å². The maximum Gasteiger partial charge on any atom is 0.193 e. The fourth-order valence-electron chi connectivity index (χ4n) is 11.0. The summed E-state index contributed by atoms with van der Waals surface area (Å²) in [5, 5.41) is 7.25. The summed E-state index contributed by atoms with van der Waals surface area (Å²) < 4.78 is 7.06.